The van der Waals surface area contributed by atoms with E-state index in [4.69, 9.17) is 0 Å². The molecule has 1 aliphatic heterocycles. The first-order valence-electron chi connectivity index (χ1n) is 5.51. The van der Waals surface area contributed by atoms with Crippen molar-refractivity contribution in [1.82, 2.24) is 21.0 Å². The van der Waals surface area contributed by atoms with Crippen LogP contribution >= 0.6 is 0 Å². The molecule has 1 saturated heterocycles. The van der Waals surface area contributed by atoms with Gasteiger partial charge < -0.3 is 5.32 Å². The summed E-state index contributed by atoms with van der Waals surface area (Å²) in [5, 5.41) is 10.5. The van der Waals surface area contributed by atoms with Crippen molar-refractivity contribution >= 4 is 28.4 Å². The van der Waals surface area contributed by atoms with Crippen LogP contribution < -0.4 is 16.2 Å². The molecule has 1 aliphatic rings. The number of anilines is 1. The average molecular weight is 245 g/mol. The maximum atomic E-state index is 11.8. The number of carbonyl (C=O) groups is 2. The minimum atomic E-state index is -0.532. The summed E-state index contributed by atoms with van der Waals surface area (Å²) in [5.74, 6) is -0.425. The summed E-state index contributed by atoms with van der Waals surface area (Å²) in [4.78, 5) is 22.8. The van der Waals surface area contributed by atoms with Crippen molar-refractivity contribution in [2.45, 2.75) is 12.5 Å². The number of nitrogens with zero attached hydrogens (tertiary/aromatic N) is 1. The first-order chi connectivity index (χ1) is 8.72. The highest BCUT2D eigenvalue weighted by Crippen LogP contribution is 2.17. The number of amides is 2. The molecule has 92 valence electrons. The highest BCUT2D eigenvalue weighted by molar-refractivity contribution is 6.00. The van der Waals surface area contributed by atoms with Crippen LogP contribution in [0.25, 0.3) is 10.9 Å². The predicted molar refractivity (Wildman–Crippen MR) is 64.4 cm³/mol. The van der Waals surface area contributed by atoms with Gasteiger partial charge in [-0.25, -0.2) is 5.43 Å². The van der Waals surface area contributed by atoms with Crippen LogP contribution in [-0.4, -0.2) is 28.1 Å². The van der Waals surface area contributed by atoms with Gasteiger partial charge in [0.05, 0.1) is 18.1 Å². The molecule has 2 aromatic rings. The SMILES string of the molecule is O=C1CC(C(=O)Nc2ccc3cn[nH]c3c2)NN1. The van der Waals surface area contributed by atoms with E-state index < -0.39 is 6.04 Å². The van der Waals surface area contributed by atoms with Gasteiger partial charge in [-0.05, 0) is 18.2 Å². The second kappa shape index (κ2) is 4.11. The van der Waals surface area contributed by atoms with Crippen LogP contribution in [0.3, 0.4) is 0 Å². The number of hydrogen-bond acceptors (Lipinski definition) is 4. The predicted octanol–water partition coefficient (Wildman–Crippen LogP) is -0.106. The Morgan fingerprint density at radius 2 is 2.33 bits per heavy atom. The third-order valence-corrected chi connectivity index (χ3v) is 2.80. The number of H-pyrrole nitrogens is 1. The second-order valence-electron chi connectivity index (χ2n) is 4.11. The Hall–Kier alpha value is -2.41. The number of carbonyl (C=O) groups excluding carboxylic acids is 2. The molecule has 1 fully saturated rings. The summed E-state index contributed by atoms with van der Waals surface area (Å²) in [6.45, 7) is 0. The molecule has 7 heteroatoms. The number of aromatic nitrogens is 2. The molecule has 18 heavy (non-hydrogen) atoms. The maximum absolute atomic E-state index is 11.8. The zero-order valence-corrected chi connectivity index (χ0v) is 9.36. The molecule has 0 aliphatic carbocycles. The highest BCUT2D eigenvalue weighted by Gasteiger charge is 2.27. The number of hydrazine groups is 1. The topological polar surface area (TPSA) is 98.9 Å². The minimum absolute atomic E-state index is 0.151. The van der Waals surface area contributed by atoms with Crippen LogP contribution in [-0.2, 0) is 9.59 Å². The third-order valence-electron chi connectivity index (χ3n) is 2.80. The Morgan fingerprint density at radius 1 is 1.44 bits per heavy atom. The normalized spacial score (nSPS) is 18.9. The minimum Gasteiger partial charge on any atom is -0.325 e. The van der Waals surface area contributed by atoms with E-state index in [2.05, 4.69) is 26.4 Å². The molecule has 4 N–H and O–H groups in total. The summed E-state index contributed by atoms with van der Waals surface area (Å²) < 4.78 is 0. The molecular formula is C11H11N5O2. The second-order valence-corrected chi connectivity index (χ2v) is 4.11. The Kier molecular flexibility index (Phi) is 2.45. The van der Waals surface area contributed by atoms with Gasteiger partial charge in [-0.3, -0.25) is 20.1 Å². The van der Waals surface area contributed by atoms with E-state index in [9.17, 15) is 9.59 Å². The molecule has 0 bridgehead atoms. The molecule has 2 amide bonds. The van der Waals surface area contributed by atoms with Crippen molar-refractivity contribution in [3.05, 3.63) is 24.4 Å². The van der Waals surface area contributed by atoms with E-state index in [-0.39, 0.29) is 18.2 Å². The Labute approximate surface area is 102 Å². The zero-order chi connectivity index (χ0) is 12.5. The first-order valence-corrected chi connectivity index (χ1v) is 5.51. The summed E-state index contributed by atoms with van der Waals surface area (Å²) in [6, 6.07) is 4.92. The molecule has 2 heterocycles. The lowest BCUT2D eigenvalue weighted by Gasteiger charge is -2.09. The summed E-state index contributed by atoms with van der Waals surface area (Å²) in [5.41, 5.74) is 6.54. The van der Waals surface area contributed by atoms with E-state index in [0.717, 1.165) is 10.9 Å². The van der Waals surface area contributed by atoms with Crippen molar-refractivity contribution in [2.75, 3.05) is 5.32 Å². The average Bonchev–Trinajstić information content (AvgIpc) is 2.96. The lowest BCUT2D eigenvalue weighted by molar-refractivity contribution is -0.121. The van der Waals surface area contributed by atoms with Crippen LogP contribution in [0, 0.1) is 0 Å². The van der Waals surface area contributed by atoms with Gasteiger partial charge in [-0.2, -0.15) is 5.10 Å². The Balaban J connectivity index is 1.75. The van der Waals surface area contributed by atoms with E-state index in [1.807, 2.05) is 6.07 Å². The lowest BCUT2D eigenvalue weighted by atomic mass is 10.2. The third kappa shape index (κ3) is 1.91. The number of nitrogens with one attached hydrogen (secondary N) is 4. The number of hydrogen-bond donors (Lipinski definition) is 4. The van der Waals surface area contributed by atoms with E-state index >= 15 is 0 Å². The first kappa shape index (κ1) is 10.7. The van der Waals surface area contributed by atoms with Crippen LogP contribution in [0.1, 0.15) is 6.42 Å². The summed E-state index contributed by atoms with van der Waals surface area (Å²) in [6.07, 6.45) is 1.86. The number of aromatic amines is 1. The lowest BCUT2D eigenvalue weighted by Crippen LogP contribution is -2.39. The van der Waals surface area contributed by atoms with Crippen molar-refractivity contribution in [3.63, 3.8) is 0 Å². The number of fused-ring (bicyclic) bond motifs is 1. The molecule has 0 spiro atoms. The van der Waals surface area contributed by atoms with Crippen LogP contribution in [0.4, 0.5) is 5.69 Å². The molecule has 1 unspecified atom stereocenters. The van der Waals surface area contributed by atoms with Crippen molar-refractivity contribution in [2.24, 2.45) is 0 Å². The van der Waals surface area contributed by atoms with Crippen molar-refractivity contribution < 1.29 is 9.59 Å². The van der Waals surface area contributed by atoms with Gasteiger partial charge >= 0.3 is 0 Å². The highest BCUT2D eigenvalue weighted by atomic mass is 16.2. The molecule has 7 nitrogen and oxygen atoms in total. The van der Waals surface area contributed by atoms with Gasteiger partial charge in [0, 0.05) is 11.1 Å². The molecule has 1 aromatic heterocycles. The van der Waals surface area contributed by atoms with E-state index in [0.29, 0.717) is 5.69 Å². The van der Waals surface area contributed by atoms with Crippen LogP contribution in [0.15, 0.2) is 24.4 Å². The molecular weight excluding hydrogens is 234 g/mol. The van der Waals surface area contributed by atoms with Crippen molar-refractivity contribution in [3.8, 4) is 0 Å². The summed E-state index contributed by atoms with van der Waals surface area (Å²) >= 11 is 0. The van der Waals surface area contributed by atoms with Gasteiger partial charge in [0.2, 0.25) is 11.8 Å². The quantitative estimate of drug-likeness (QED) is 0.593. The fourth-order valence-corrected chi connectivity index (χ4v) is 1.86. The monoisotopic (exact) mass is 245 g/mol. The Bertz CT molecular complexity index is 621. The smallest absolute Gasteiger partial charge is 0.243 e. The van der Waals surface area contributed by atoms with Crippen molar-refractivity contribution in [1.29, 1.82) is 0 Å². The van der Waals surface area contributed by atoms with Gasteiger partial charge in [-0.15, -0.1) is 0 Å². The van der Waals surface area contributed by atoms with Crippen LogP contribution in [0.5, 0.6) is 0 Å². The van der Waals surface area contributed by atoms with Gasteiger partial charge in [0.1, 0.15) is 6.04 Å². The summed E-state index contributed by atoms with van der Waals surface area (Å²) in [7, 11) is 0. The van der Waals surface area contributed by atoms with Crippen LogP contribution in [0.2, 0.25) is 0 Å². The van der Waals surface area contributed by atoms with Gasteiger partial charge in [0.15, 0.2) is 0 Å². The fourth-order valence-electron chi connectivity index (χ4n) is 1.86. The molecule has 0 radical (unpaired) electrons. The van der Waals surface area contributed by atoms with E-state index in [1.54, 1.807) is 18.3 Å². The van der Waals surface area contributed by atoms with Gasteiger partial charge in [-0.1, -0.05) is 0 Å². The zero-order valence-electron chi connectivity index (χ0n) is 9.36. The largest absolute Gasteiger partial charge is 0.325 e. The number of rotatable bonds is 2. The molecule has 1 atom stereocenters. The molecule has 1 aromatic carbocycles. The molecule has 3 rings (SSSR count). The fraction of sp³-hybridized carbons (Fsp3) is 0.182. The Morgan fingerprint density at radius 3 is 3.11 bits per heavy atom. The van der Waals surface area contributed by atoms with Gasteiger partial charge in [0.25, 0.3) is 0 Å². The van der Waals surface area contributed by atoms with E-state index in [1.165, 1.54) is 0 Å². The standard InChI is InChI=1S/C11H11N5O2/c17-10-4-9(15-16-10)11(18)13-7-2-1-6-5-12-14-8(6)3-7/h1-3,5,9,15H,4H2,(H,12,14)(H,13,18)(H,16,17). The molecule has 0 saturated carbocycles. The maximum Gasteiger partial charge on any atom is 0.243 e. The number of benzene rings is 1.